The van der Waals surface area contributed by atoms with E-state index in [0.29, 0.717) is 5.34 Å². The highest BCUT2D eigenvalue weighted by atomic mass is 17.0. The number of carbonyl (C=O) groups excluding carboxylic acids is 3. The van der Waals surface area contributed by atoms with Gasteiger partial charge in [0.1, 0.15) is 11.8 Å². The van der Waals surface area contributed by atoms with Gasteiger partial charge in [-0.25, -0.2) is 14.6 Å². The Labute approximate surface area is 80.0 Å². The zero-order valence-electron chi connectivity index (χ0n) is 7.85. The van der Waals surface area contributed by atoms with Crippen molar-refractivity contribution < 1.29 is 24.1 Å². The molecule has 78 valence electrons. The van der Waals surface area contributed by atoms with Gasteiger partial charge in [-0.2, -0.15) is 0 Å². The fraction of sp³-hybridized carbons (Fsp3) is 0.571. The van der Waals surface area contributed by atoms with Crippen molar-refractivity contribution in [2.45, 2.75) is 19.8 Å². The molecule has 0 radical (unpaired) electrons. The largest absolute Gasteiger partial charge is 0.342 e. The molecule has 0 aliphatic carbocycles. The van der Waals surface area contributed by atoms with Gasteiger partial charge in [-0.3, -0.25) is 4.79 Å². The van der Waals surface area contributed by atoms with E-state index in [9.17, 15) is 14.4 Å². The van der Waals surface area contributed by atoms with Crippen LogP contribution >= 0.6 is 0 Å². The topological polar surface area (TPSA) is 76.2 Å². The third-order valence-corrected chi connectivity index (χ3v) is 1.56. The third kappa shape index (κ3) is 2.19. The second-order valence-corrected chi connectivity index (χ2v) is 2.61. The average Bonchev–Trinajstić information content (AvgIpc) is 2.14. The molecule has 1 saturated heterocycles. The fourth-order valence-corrected chi connectivity index (χ4v) is 0.818. The van der Waals surface area contributed by atoms with Crippen LogP contribution in [0, 0.1) is 0 Å². The van der Waals surface area contributed by atoms with Gasteiger partial charge in [0.15, 0.2) is 0 Å². The van der Waals surface area contributed by atoms with Gasteiger partial charge in [-0.15, -0.1) is 0 Å². The average molecular weight is 202 g/mol. The first-order chi connectivity index (χ1) is 6.54. The lowest BCUT2D eigenvalue weighted by Crippen LogP contribution is -2.48. The van der Waals surface area contributed by atoms with Crippen molar-refractivity contribution in [1.82, 2.24) is 10.3 Å². The Morgan fingerprint density at radius 3 is 2.36 bits per heavy atom. The number of carbonyl (C=O) groups is 3. The van der Waals surface area contributed by atoms with Gasteiger partial charge in [0.05, 0.1) is 0 Å². The lowest BCUT2D eigenvalue weighted by atomic mass is 10.4. The predicted molar refractivity (Wildman–Crippen MR) is 41.7 cm³/mol. The van der Waals surface area contributed by atoms with Gasteiger partial charge in [0, 0.05) is 13.5 Å². The SMILES string of the molecule is CCC(=O)N(C)N1OC(=O)CC(=O)O1. The predicted octanol–water partition coefficient (Wildman–Crippen LogP) is -0.608. The van der Waals surface area contributed by atoms with Gasteiger partial charge >= 0.3 is 11.9 Å². The molecule has 1 aliphatic rings. The molecule has 0 unspecified atom stereocenters. The minimum absolute atomic E-state index is 0.210. The number of hydrogen-bond acceptors (Lipinski definition) is 6. The van der Waals surface area contributed by atoms with Crippen LogP contribution in [0.3, 0.4) is 0 Å². The Balaban J connectivity index is 2.63. The number of hydrogen-bond donors (Lipinski definition) is 0. The van der Waals surface area contributed by atoms with Crippen LogP contribution in [0.2, 0.25) is 0 Å². The van der Waals surface area contributed by atoms with E-state index in [4.69, 9.17) is 0 Å². The van der Waals surface area contributed by atoms with Crippen LogP contribution in [0.5, 0.6) is 0 Å². The zero-order valence-corrected chi connectivity index (χ0v) is 7.85. The van der Waals surface area contributed by atoms with E-state index >= 15 is 0 Å². The lowest BCUT2D eigenvalue weighted by molar-refractivity contribution is -0.409. The van der Waals surface area contributed by atoms with Crippen LogP contribution in [0.15, 0.2) is 0 Å². The highest BCUT2D eigenvalue weighted by Gasteiger charge is 2.31. The smallest absolute Gasteiger partial charge is 0.314 e. The van der Waals surface area contributed by atoms with E-state index in [2.05, 4.69) is 9.68 Å². The van der Waals surface area contributed by atoms with Gasteiger partial charge in [0.25, 0.3) is 0 Å². The summed E-state index contributed by atoms with van der Waals surface area (Å²) in [7, 11) is 1.33. The van der Waals surface area contributed by atoms with Crippen molar-refractivity contribution in [3.05, 3.63) is 0 Å². The Kier molecular flexibility index (Phi) is 3.03. The molecule has 0 saturated carbocycles. The molecule has 1 heterocycles. The lowest BCUT2D eigenvalue weighted by Gasteiger charge is -2.29. The highest BCUT2D eigenvalue weighted by molar-refractivity contribution is 5.92. The summed E-state index contributed by atoms with van der Waals surface area (Å²) in [5.74, 6) is -1.85. The van der Waals surface area contributed by atoms with Crippen LogP contribution < -0.4 is 0 Å². The second-order valence-electron chi connectivity index (χ2n) is 2.61. The molecule has 7 nitrogen and oxygen atoms in total. The number of amides is 1. The monoisotopic (exact) mass is 202 g/mol. The number of hydrazine groups is 1. The minimum Gasteiger partial charge on any atom is -0.314 e. The van der Waals surface area contributed by atoms with Gasteiger partial charge in [-0.1, -0.05) is 6.92 Å². The molecule has 0 bridgehead atoms. The van der Waals surface area contributed by atoms with Crippen molar-refractivity contribution in [2.75, 3.05) is 7.05 Å². The summed E-state index contributed by atoms with van der Waals surface area (Å²) in [4.78, 5) is 41.7. The minimum atomic E-state index is -0.753. The van der Waals surface area contributed by atoms with E-state index in [1.165, 1.54) is 7.05 Å². The summed E-state index contributed by atoms with van der Waals surface area (Å²) < 4.78 is 0. The van der Waals surface area contributed by atoms with Crippen LogP contribution in [0.1, 0.15) is 19.8 Å². The first kappa shape index (κ1) is 10.5. The molecule has 0 aromatic heterocycles. The second kappa shape index (κ2) is 4.05. The fourth-order valence-electron chi connectivity index (χ4n) is 0.818. The van der Waals surface area contributed by atoms with Crippen LogP contribution in [0.25, 0.3) is 0 Å². The molecule has 1 fully saturated rings. The van der Waals surface area contributed by atoms with Gasteiger partial charge in [-0.05, 0) is 0 Å². The molecule has 0 N–H and O–H groups in total. The van der Waals surface area contributed by atoms with E-state index in [1.54, 1.807) is 6.92 Å². The number of rotatable bonds is 2. The number of nitrogens with zero attached hydrogens (tertiary/aromatic N) is 2. The highest BCUT2D eigenvalue weighted by Crippen LogP contribution is 2.09. The Bertz CT molecular complexity index is 261. The molecular formula is C7H10N2O5. The maximum atomic E-state index is 11.1. The van der Waals surface area contributed by atoms with Crippen LogP contribution in [-0.4, -0.2) is 35.2 Å². The molecule has 0 aromatic rings. The third-order valence-electron chi connectivity index (χ3n) is 1.56. The molecule has 1 rings (SSSR count). The molecule has 0 spiro atoms. The van der Waals surface area contributed by atoms with Crippen molar-refractivity contribution in [1.29, 1.82) is 0 Å². The molecule has 0 aromatic carbocycles. The molecule has 7 heteroatoms. The van der Waals surface area contributed by atoms with Crippen molar-refractivity contribution >= 4 is 17.8 Å². The van der Waals surface area contributed by atoms with Gasteiger partial charge < -0.3 is 9.68 Å². The summed E-state index contributed by atoms with van der Waals surface area (Å²) in [6, 6.07) is 0. The van der Waals surface area contributed by atoms with E-state index in [1.807, 2.05) is 0 Å². The van der Waals surface area contributed by atoms with Crippen LogP contribution in [0.4, 0.5) is 0 Å². The molecule has 14 heavy (non-hydrogen) atoms. The normalized spacial score (nSPS) is 17.3. The van der Waals surface area contributed by atoms with Crippen LogP contribution in [-0.2, 0) is 24.1 Å². The van der Waals surface area contributed by atoms with Crippen molar-refractivity contribution in [2.24, 2.45) is 0 Å². The first-order valence-electron chi connectivity index (χ1n) is 4.02. The maximum absolute atomic E-state index is 11.1. The molecular weight excluding hydrogens is 192 g/mol. The van der Waals surface area contributed by atoms with Crippen molar-refractivity contribution in [3.8, 4) is 0 Å². The Morgan fingerprint density at radius 2 is 1.93 bits per heavy atom. The molecule has 0 atom stereocenters. The maximum Gasteiger partial charge on any atom is 0.342 e. The summed E-state index contributed by atoms with van der Waals surface area (Å²) in [6.07, 6.45) is -0.229. The van der Waals surface area contributed by atoms with E-state index < -0.39 is 18.4 Å². The zero-order chi connectivity index (χ0) is 10.7. The van der Waals surface area contributed by atoms with Crippen molar-refractivity contribution in [3.63, 3.8) is 0 Å². The first-order valence-corrected chi connectivity index (χ1v) is 4.02. The molecule has 1 aliphatic heterocycles. The summed E-state index contributed by atoms with van der Waals surface area (Å²) in [6.45, 7) is 1.63. The summed E-state index contributed by atoms with van der Waals surface area (Å²) in [5.41, 5.74) is 0. The van der Waals surface area contributed by atoms with E-state index in [-0.39, 0.29) is 12.3 Å². The quantitative estimate of drug-likeness (QED) is 0.556. The Morgan fingerprint density at radius 1 is 1.43 bits per heavy atom. The van der Waals surface area contributed by atoms with E-state index in [0.717, 1.165) is 5.01 Å². The summed E-state index contributed by atoms with van der Waals surface area (Å²) >= 11 is 0. The van der Waals surface area contributed by atoms with Gasteiger partial charge in [0.2, 0.25) is 5.91 Å². The molecule has 1 amide bonds. The standard InChI is InChI=1S/C7H10N2O5/c1-3-5(10)8(2)9-13-6(11)4-7(12)14-9/h3-4H2,1-2H3. The Hall–Kier alpha value is -1.63. The summed E-state index contributed by atoms with van der Waals surface area (Å²) in [5, 5.41) is 1.40.